The molecule has 0 fully saturated rings. The number of carboxylic acid groups (broad SMARTS) is 1. The van der Waals surface area contributed by atoms with Crippen molar-refractivity contribution in [1.29, 1.82) is 0 Å². The van der Waals surface area contributed by atoms with Crippen molar-refractivity contribution in [2.45, 2.75) is 26.3 Å². The van der Waals surface area contributed by atoms with Gasteiger partial charge in [0, 0.05) is 11.2 Å². The zero-order chi connectivity index (χ0) is 17.8. The topological polar surface area (TPSA) is 82.1 Å². The molecule has 2 amide bonds. The number of methoxy groups -OCH3 is 1. The summed E-state index contributed by atoms with van der Waals surface area (Å²) in [7, 11) is 5.07. The van der Waals surface area contributed by atoms with Crippen molar-refractivity contribution >= 4 is 23.4 Å². The minimum absolute atomic E-state index is 0.177. The molecule has 0 spiro atoms. The number of nitrogens with one attached hydrogen (secondary N) is 1. The summed E-state index contributed by atoms with van der Waals surface area (Å²) in [6.45, 7) is 5.61. The Morgan fingerprint density at radius 3 is 2.30 bits per heavy atom. The molecule has 0 aliphatic carbocycles. The summed E-state index contributed by atoms with van der Waals surface area (Å²) in [5, 5.41) is 12.3. The molecule has 1 rings (SSSR count). The summed E-state index contributed by atoms with van der Waals surface area (Å²) >= 11 is 0. The van der Waals surface area contributed by atoms with Gasteiger partial charge < -0.3 is 20.1 Å². The van der Waals surface area contributed by atoms with E-state index in [1.807, 2.05) is 0 Å². The summed E-state index contributed by atoms with van der Waals surface area (Å²) in [4.78, 5) is 26.5. The third kappa shape index (κ3) is 5.14. The van der Waals surface area contributed by atoms with Crippen LogP contribution in [-0.2, 0) is 4.79 Å². The molecular weight excluding hydrogens is 298 g/mol. The molecule has 1 aromatic carbocycles. The molecule has 0 atom stereocenters. The second kappa shape index (κ2) is 7.32. The van der Waals surface area contributed by atoms with Crippen LogP contribution in [0.15, 0.2) is 18.2 Å². The first-order valence-corrected chi connectivity index (χ1v) is 7.22. The normalized spacial score (nSPS) is 11.3. The Bertz CT molecular complexity index is 579. The number of hydrogen-bond donors (Lipinski definition) is 2. The highest BCUT2D eigenvalue weighted by molar-refractivity contribution is 5.95. The summed E-state index contributed by atoms with van der Waals surface area (Å²) in [6, 6.07) is 4.92. The summed E-state index contributed by atoms with van der Waals surface area (Å²) in [6.07, 6.45) is -1.09. The molecule has 7 nitrogen and oxygen atoms in total. The van der Waals surface area contributed by atoms with Gasteiger partial charge in [-0.3, -0.25) is 9.69 Å². The van der Waals surface area contributed by atoms with E-state index in [4.69, 9.17) is 4.74 Å². The lowest BCUT2D eigenvalue weighted by atomic mass is 10.0. The quantitative estimate of drug-likeness (QED) is 0.870. The van der Waals surface area contributed by atoms with Gasteiger partial charge in [0.2, 0.25) is 5.91 Å². The van der Waals surface area contributed by atoms with Crippen LogP contribution in [0, 0.1) is 0 Å². The predicted molar refractivity (Wildman–Crippen MR) is 90.4 cm³/mol. The molecule has 0 unspecified atom stereocenters. The van der Waals surface area contributed by atoms with Gasteiger partial charge in [0.15, 0.2) is 0 Å². The van der Waals surface area contributed by atoms with Crippen molar-refractivity contribution < 1.29 is 19.4 Å². The second-order valence-electron chi connectivity index (χ2n) is 6.46. The van der Waals surface area contributed by atoms with E-state index in [2.05, 4.69) is 5.32 Å². The lowest BCUT2D eigenvalue weighted by Gasteiger charge is -2.34. The number of amides is 2. The number of benzene rings is 1. The fourth-order valence-corrected chi connectivity index (χ4v) is 2.18. The van der Waals surface area contributed by atoms with Gasteiger partial charge >= 0.3 is 6.09 Å². The van der Waals surface area contributed by atoms with Crippen molar-refractivity contribution in [1.82, 2.24) is 4.90 Å². The highest BCUT2D eigenvalue weighted by Gasteiger charge is 2.30. The number of rotatable bonds is 5. The molecule has 128 valence electrons. The Morgan fingerprint density at radius 2 is 1.87 bits per heavy atom. The van der Waals surface area contributed by atoms with Gasteiger partial charge in [0.05, 0.1) is 19.3 Å². The average molecular weight is 323 g/mol. The maximum absolute atomic E-state index is 11.9. The number of anilines is 2. The maximum Gasteiger partial charge on any atom is 0.412 e. The summed E-state index contributed by atoms with van der Waals surface area (Å²) in [5.41, 5.74) is 0.240. The van der Waals surface area contributed by atoms with E-state index in [0.717, 1.165) is 0 Å². The van der Waals surface area contributed by atoms with E-state index in [9.17, 15) is 14.7 Å². The van der Waals surface area contributed by atoms with Crippen molar-refractivity contribution in [3.8, 4) is 5.75 Å². The van der Waals surface area contributed by atoms with E-state index in [-0.39, 0.29) is 12.5 Å². The van der Waals surface area contributed by atoms with Crippen LogP contribution in [0.1, 0.15) is 20.8 Å². The third-order valence-electron chi connectivity index (χ3n) is 3.03. The first kappa shape index (κ1) is 18.8. The number of nitrogens with zero attached hydrogens (tertiary/aromatic N) is 2. The van der Waals surface area contributed by atoms with Gasteiger partial charge in [-0.1, -0.05) is 0 Å². The minimum atomic E-state index is -1.09. The zero-order valence-corrected chi connectivity index (χ0v) is 14.5. The Morgan fingerprint density at radius 1 is 1.26 bits per heavy atom. The standard InChI is InChI=1S/C16H25N3O4/c1-16(2,3)19(15(21)22)12-9-11(7-8-13(12)23-6)17-14(20)10-18(4)5/h7-9H,10H2,1-6H3,(H,17,20)(H,21,22). The smallest absolute Gasteiger partial charge is 0.412 e. The SMILES string of the molecule is COc1ccc(NC(=O)CN(C)C)cc1N(C(=O)O)C(C)(C)C. The van der Waals surface area contributed by atoms with Crippen molar-refractivity contribution in [3.63, 3.8) is 0 Å². The van der Waals surface area contributed by atoms with Gasteiger partial charge in [-0.05, 0) is 53.1 Å². The molecule has 0 aliphatic rings. The van der Waals surface area contributed by atoms with Crippen LogP contribution in [0.5, 0.6) is 5.75 Å². The van der Waals surface area contributed by atoms with Crippen molar-refractivity contribution in [2.24, 2.45) is 0 Å². The van der Waals surface area contributed by atoms with E-state index in [1.54, 1.807) is 58.0 Å². The van der Waals surface area contributed by atoms with Gasteiger partial charge in [-0.2, -0.15) is 0 Å². The predicted octanol–water partition coefficient (Wildman–Crippen LogP) is 2.48. The van der Waals surface area contributed by atoms with Crippen LogP contribution in [-0.4, -0.2) is 55.3 Å². The average Bonchev–Trinajstić information content (AvgIpc) is 2.35. The number of carbonyl (C=O) groups excluding carboxylic acids is 1. The number of carbonyl (C=O) groups is 2. The van der Waals surface area contributed by atoms with E-state index in [1.165, 1.54) is 12.0 Å². The molecule has 0 saturated heterocycles. The number of likely N-dealkylation sites (N-methyl/N-ethyl adjacent to an activating group) is 1. The fourth-order valence-electron chi connectivity index (χ4n) is 2.18. The Labute approximate surface area is 136 Å². The van der Waals surface area contributed by atoms with Crippen LogP contribution >= 0.6 is 0 Å². The first-order valence-electron chi connectivity index (χ1n) is 7.22. The van der Waals surface area contributed by atoms with Gasteiger partial charge in [0.25, 0.3) is 0 Å². The molecule has 7 heteroatoms. The van der Waals surface area contributed by atoms with Crippen LogP contribution in [0.4, 0.5) is 16.2 Å². The lowest BCUT2D eigenvalue weighted by Crippen LogP contribution is -2.45. The minimum Gasteiger partial charge on any atom is -0.495 e. The largest absolute Gasteiger partial charge is 0.495 e. The molecule has 0 aliphatic heterocycles. The molecule has 0 radical (unpaired) electrons. The molecule has 0 heterocycles. The monoisotopic (exact) mass is 323 g/mol. The number of hydrogen-bond acceptors (Lipinski definition) is 4. The molecule has 2 N–H and O–H groups in total. The van der Waals surface area contributed by atoms with Crippen LogP contribution in [0.3, 0.4) is 0 Å². The van der Waals surface area contributed by atoms with Gasteiger partial charge in [-0.25, -0.2) is 4.79 Å². The molecule has 0 bridgehead atoms. The zero-order valence-electron chi connectivity index (χ0n) is 14.5. The van der Waals surface area contributed by atoms with Crippen LogP contribution < -0.4 is 15.0 Å². The molecule has 0 saturated carbocycles. The Balaban J connectivity index is 3.22. The number of ether oxygens (including phenoxy) is 1. The summed E-state index contributed by atoms with van der Waals surface area (Å²) in [5.74, 6) is 0.247. The highest BCUT2D eigenvalue weighted by Crippen LogP contribution is 2.35. The first-order chi connectivity index (χ1) is 10.6. The van der Waals surface area contributed by atoms with E-state index in [0.29, 0.717) is 17.1 Å². The molecule has 1 aromatic rings. The molecule has 0 aromatic heterocycles. The lowest BCUT2D eigenvalue weighted by molar-refractivity contribution is -0.116. The third-order valence-corrected chi connectivity index (χ3v) is 3.03. The van der Waals surface area contributed by atoms with E-state index >= 15 is 0 Å². The van der Waals surface area contributed by atoms with E-state index < -0.39 is 11.6 Å². The second-order valence-corrected chi connectivity index (χ2v) is 6.46. The molecule has 23 heavy (non-hydrogen) atoms. The Hall–Kier alpha value is -2.28. The van der Waals surface area contributed by atoms with Crippen molar-refractivity contribution in [2.75, 3.05) is 38.0 Å². The van der Waals surface area contributed by atoms with Crippen molar-refractivity contribution in [3.05, 3.63) is 18.2 Å². The fraction of sp³-hybridized carbons (Fsp3) is 0.500. The highest BCUT2D eigenvalue weighted by atomic mass is 16.5. The Kier molecular flexibility index (Phi) is 5.98. The summed E-state index contributed by atoms with van der Waals surface area (Å²) < 4.78 is 5.27. The van der Waals surface area contributed by atoms with Crippen LogP contribution in [0.25, 0.3) is 0 Å². The molecular formula is C16H25N3O4. The van der Waals surface area contributed by atoms with Crippen LogP contribution in [0.2, 0.25) is 0 Å². The van der Waals surface area contributed by atoms with Gasteiger partial charge in [-0.15, -0.1) is 0 Å². The maximum atomic E-state index is 11.9. The van der Waals surface area contributed by atoms with Gasteiger partial charge in [0.1, 0.15) is 5.75 Å².